The van der Waals surface area contributed by atoms with Crippen LogP contribution in [0.3, 0.4) is 0 Å². The van der Waals surface area contributed by atoms with Gasteiger partial charge in [0.15, 0.2) is 0 Å². The largest absolute Gasteiger partial charge is 0.462 e. The van der Waals surface area contributed by atoms with E-state index in [1.165, 1.54) is 0 Å². The third-order valence-corrected chi connectivity index (χ3v) is 4.07. The summed E-state index contributed by atoms with van der Waals surface area (Å²) in [6, 6.07) is 2.75. The molecule has 0 bridgehead atoms. The van der Waals surface area contributed by atoms with Gasteiger partial charge in [-0.3, -0.25) is 0 Å². The lowest BCUT2D eigenvalue weighted by Gasteiger charge is -2.11. The van der Waals surface area contributed by atoms with Crippen molar-refractivity contribution in [3.05, 3.63) is 29.6 Å². The van der Waals surface area contributed by atoms with Crippen molar-refractivity contribution in [1.82, 2.24) is 0 Å². The minimum Gasteiger partial charge on any atom is -0.462 e. The summed E-state index contributed by atoms with van der Waals surface area (Å²) < 4.78 is 40.8. The molecule has 1 unspecified atom stereocenters. The molecule has 0 saturated heterocycles. The van der Waals surface area contributed by atoms with E-state index in [1.54, 1.807) is 0 Å². The minimum atomic E-state index is -4.02. The molecule has 0 saturated carbocycles. The molecule has 0 aliphatic heterocycles. The van der Waals surface area contributed by atoms with Crippen LogP contribution in [0.4, 0.5) is 4.39 Å². The number of esters is 1. The molecular weight excluding hydrogens is 307 g/mol. The first kappa shape index (κ1) is 16.9. The summed E-state index contributed by atoms with van der Waals surface area (Å²) in [5, 5.41) is 0. The third-order valence-electron chi connectivity index (χ3n) is 2.72. The van der Waals surface area contributed by atoms with Crippen molar-refractivity contribution >= 4 is 25.7 Å². The standard InChI is InChI=1S/C13H16ClFO4S/c1-3-4-9(2)8-19-13(16)11-7-10(20(14,17)18)5-6-12(11)15/h5-7,9H,3-4,8H2,1-2H3. The monoisotopic (exact) mass is 322 g/mol. The fraction of sp³-hybridized carbons (Fsp3) is 0.462. The van der Waals surface area contributed by atoms with E-state index in [9.17, 15) is 17.6 Å². The van der Waals surface area contributed by atoms with Crippen LogP contribution in [0, 0.1) is 11.7 Å². The Balaban J connectivity index is 2.87. The van der Waals surface area contributed by atoms with Crippen LogP contribution < -0.4 is 0 Å². The second kappa shape index (κ2) is 7.04. The van der Waals surface area contributed by atoms with Crippen molar-refractivity contribution in [2.45, 2.75) is 31.6 Å². The fourth-order valence-corrected chi connectivity index (χ4v) is 2.46. The summed E-state index contributed by atoms with van der Waals surface area (Å²) in [7, 11) is 1.14. The predicted molar refractivity (Wildman–Crippen MR) is 73.8 cm³/mol. The number of rotatable bonds is 6. The summed E-state index contributed by atoms with van der Waals surface area (Å²) in [5.74, 6) is -1.58. The maximum atomic E-state index is 13.5. The maximum absolute atomic E-state index is 13.5. The first-order valence-electron chi connectivity index (χ1n) is 6.17. The number of benzene rings is 1. The van der Waals surface area contributed by atoms with Crippen LogP contribution in [0.15, 0.2) is 23.1 Å². The quantitative estimate of drug-likeness (QED) is 0.595. The van der Waals surface area contributed by atoms with Crippen molar-refractivity contribution in [2.24, 2.45) is 5.92 Å². The van der Waals surface area contributed by atoms with Gasteiger partial charge in [0.1, 0.15) is 5.82 Å². The zero-order valence-electron chi connectivity index (χ0n) is 11.2. The van der Waals surface area contributed by atoms with Gasteiger partial charge in [0, 0.05) is 10.7 Å². The third kappa shape index (κ3) is 4.76. The van der Waals surface area contributed by atoms with Gasteiger partial charge in [-0.05, 0) is 30.5 Å². The molecule has 0 N–H and O–H groups in total. The van der Waals surface area contributed by atoms with Gasteiger partial charge in [-0.15, -0.1) is 0 Å². The van der Waals surface area contributed by atoms with E-state index >= 15 is 0 Å². The molecule has 0 spiro atoms. The zero-order chi connectivity index (χ0) is 15.3. The lowest BCUT2D eigenvalue weighted by molar-refractivity contribution is 0.0438. The van der Waals surface area contributed by atoms with E-state index in [4.69, 9.17) is 15.4 Å². The molecule has 20 heavy (non-hydrogen) atoms. The zero-order valence-corrected chi connectivity index (χ0v) is 12.8. The Hall–Kier alpha value is -1.14. The highest BCUT2D eigenvalue weighted by atomic mass is 35.7. The molecule has 0 aromatic heterocycles. The first-order chi connectivity index (χ1) is 9.25. The van der Waals surface area contributed by atoms with Gasteiger partial charge in [0.25, 0.3) is 9.05 Å². The van der Waals surface area contributed by atoms with Gasteiger partial charge in [-0.1, -0.05) is 20.3 Å². The highest BCUT2D eigenvalue weighted by molar-refractivity contribution is 8.13. The van der Waals surface area contributed by atoms with Crippen LogP contribution in [0.1, 0.15) is 37.0 Å². The molecule has 0 fully saturated rings. The molecule has 1 rings (SSSR count). The second-order valence-corrected chi connectivity index (χ2v) is 7.14. The van der Waals surface area contributed by atoms with E-state index in [2.05, 4.69) is 0 Å². The van der Waals surface area contributed by atoms with E-state index in [0.717, 1.165) is 31.0 Å². The molecule has 112 valence electrons. The van der Waals surface area contributed by atoms with Gasteiger partial charge < -0.3 is 4.74 Å². The first-order valence-corrected chi connectivity index (χ1v) is 8.48. The van der Waals surface area contributed by atoms with E-state index < -0.39 is 26.4 Å². The maximum Gasteiger partial charge on any atom is 0.341 e. The summed E-state index contributed by atoms with van der Waals surface area (Å²) in [4.78, 5) is 11.4. The Morgan fingerprint density at radius 3 is 2.65 bits per heavy atom. The van der Waals surface area contributed by atoms with E-state index in [-0.39, 0.29) is 17.4 Å². The SMILES string of the molecule is CCCC(C)COC(=O)c1cc(S(=O)(=O)Cl)ccc1F. The van der Waals surface area contributed by atoms with Gasteiger partial charge in [0.2, 0.25) is 0 Å². The number of carbonyl (C=O) groups is 1. The Morgan fingerprint density at radius 1 is 1.45 bits per heavy atom. The van der Waals surface area contributed by atoms with Crippen molar-refractivity contribution < 1.29 is 22.3 Å². The number of halogens is 2. The topological polar surface area (TPSA) is 60.4 Å². The van der Waals surface area contributed by atoms with Crippen LogP contribution in [0.25, 0.3) is 0 Å². The minimum absolute atomic E-state index is 0.157. The van der Waals surface area contributed by atoms with Crippen LogP contribution in [-0.2, 0) is 13.8 Å². The Labute approximate surface area is 122 Å². The lowest BCUT2D eigenvalue weighted by atomic mass is 10.1. The molecule has 1 atom stereocenters. The number of hydrogen-bond donors (Lipinski definition) is 0. The number of hydrogen-bond acceptors (Lipinski definition) is 4. The van der Waals surface area contributed by atoms with Crippen molar-refractivity contribution in [2.75, 3.05) is 6.61 Å². The Kier molecular flexibility index (Phi) is 5.95. The van der Waals surface area contributed by atoms with Crippen LogP contribution >= 0.6 is 10.7 Å². The van der Waals surface area contributed by atoms with Gasteiger partial charge in [-0.25, -0.2) is 17.6 Å². The van der Waals surface area contributed by atoms with Crippen LogP contribution in [0.2, 0.25) is 0 Å². The van der Waals surface area contributed by atoms with Crippen LogP contribution in [0.5, 0.6) is 0 Å². The molecular formula is C13H16ClFO4S. The molecule has 0 aliphatic carbocycles. The van der Waals surface area contributed by atoms with Gasteiger partial charge in [-0.2, -0.15) is 0 Å². The fourth-order valence-electron chi connectivity index (χ4n) is 1.68. The summed E-state index contributed by atoms with van der Waals surface area (Å²) >= 11 is 0. The van der Waals surface area contributed by atoms with Crippen molar-refractivity contribution in [1.29, 1.82) is 0 Å². The number of carbonyl (C=O) groups excluding carboxylic acids is 1. The number of ether oxygens (including phenoxy) is 1. The van der Waals surface area contributed by atoms with Crippen LogP contribution in [-0.4, -0.2) is 21.0 Å². The Morgan fingerprint density at radius 2 is 2.10 bits per heavy atom. The highest BCUT2D eigenvalue weighted by Gasteiger charge is 2.19. The summed E-state index contributed by atoms with van der Waals surface area (Å²) in [6.07, 6.45) is 1.83. The van der Waals surface area contributed by atoms with Gasteiger partial charge >= 0.3 is 5.97 Å². The average Bonchev–Trinajstić information content (AvgIpc) is 2.35. The molecule has 7 heteroatoms. The molecule has 0 heterocycles. The average molecular weight is 323 g/mol. The highest BCUT2D eigenvalue weighted by Crippen LogP contribution is 2.19. The van der Waals surface area contributed by atoms with Gasteiger partial charge in [0.05, 0.1) is 17.1 Å². The Bertz CT molecular complexity index is 586. The summed E-state index contributed by atoms with van der Waals surface area (Å²) in [5.41, 5.74) is -0.435. The van der Waals surface area contributed by atoms with E-state index in [1.807, 2.05) is 13.8 Å². The predicted octanol–water partition coefficient (Wildman–Crippen LogP) is 3.35. The van der Waals surface area contributed by atoms with Crippen molar-refractivity contribution in [3.8, 4) is 0 Å². The molecule has 0 aliphatic rings. The summed E-state index contributed by atoms with van der Waals surface area (Å²) in [6.45, 7) is 4.07. The molecule has 1 aromatic carbocycles. The second-order valence-electron chi connectivity index (χ2n) is 4.57. The van der Waals surface area contributed by atoms with E-state index in [0.29, 0.717) is 0 Å². The molecule has 4 nitrogen and oxygen atoms in total. The smallest absolute Gasteiger partial charge is 0.341 e. The van der Waals surface area contributed by atoms with Crippen molar-refractivity contribution in [3.63, 3.8) is 0 Å². The lowest BCUT2D eigenvalue weighted by Crippen LogP contribution is -2.14. The molecule has 1 aromatic rings. The molecule has 0 radical (unpaired) electrons. The normalized spacial score (nSPS) is 13.0. The molecule has 0 amide bonds.